The first kappa shape index (κ1) is 14.5. The highest BCUT2D eigenvalue weighted by Gasteiger charge is 2.24. The van der Waals surface area contributed by atoms with Crippen molar-refractivity contribution in [2.75, 3.05) is 26.2 Å². The number of likely N-dealkylation sites (tertiary alicyclic amines) is 1. The third kappa shape index (κ3) is 3.57. The standard InChI is InChI=1S/C15H24N2OS/c1-4-16-10-13-5-7-17(8-6-13)15(18)14-9-11(2)12(3)19-14/h9,13,16H,4-8,10H2,1-3H3. The van der Waals surface area contributed by atoms with Crippen molar-refractivity contribution in [3.63, 3.8) is 0 Å². The molecule has 0 aliphatic carbocycles. The Hall–Kier alpha value is -0.870. The van der Waals surface area contributed by atoms with E-state index in [1.165, 1.54) is 10.4 Å². The Morgan fingerprint density at radius 1 is 1.42 bits per heavy atom. The number of hydrogen-bond donors (Lipinski definition) is 1. The molecule has 2 rings (SSSR count). The maximum atomic E-state index is 12.4. The summed E-state index contributed by atoms with van der Waals surface area (Å²) in [6.07, 6.45) is 2.25. The number of nitrogens with one attached hydrogen (secondary N) is 1. The molecule has 0 spiro atoms. The largest absolute Gasteiger partial charge is 0.338 e. The molecule has 1 aliphatic rings. The Morgan fingerprint density at radius 3 is 2.63 bits per heavy atom. The van der Waals surface area contributed by atoms with Crippen LogP contribution in [0.2, 0.25) is 0 Å². The summed E-state index contributed by atoms with van der Waals surface area (Å²) in [4.78, 5) is 16.6. The van der Waals surface area contributed by atoms with Gasteiger partial charge in [0.05, 0.1) is 4.88 Å². The molecule has 0 atom stereocenters. The van der Waals surface area contributed by atoms with Crippen molar-refractivity contribution < 1.29 is 4.79 Å². The van der Waals surface area contributed by atoms with E-state index in [4.69, 9.17) is 0 Å². The van der Waals surface area contributed by atoms with E-state index in [-0.39, 0.29) is 5.91 Å². The summed E-state index contributed by atoms with van der Waals surface area (Å²) >= 11 is 1.63. The fourth-order valence-electron chi connectivity index (χ4n) is 2.52. The van der Waals surface area contributed by atoms with Crippen LogP contribution >= 0.6 is 11.3 Å². The molecule has 1 aromatic heterocycles. The molecule has 1 saturated heterocycles. The van der Waals surface area contributed by atoms with Crippen LogP contribution in [-0.2, 0) is 0 Å². The van der Waals surface area contributed by atoms with Crippen LogP contribution in [0.5, 0.6) is 0 Å². The van der Waals surface area contributed by atoms with Crippen molar-refractivity contribution >= 4 is 17.2 Å². The second kappa shape index (κ2) is 6.53. The van der Waals surface area contributed by atoms with Crippen LogP contribution in [0.25, 0.3) is 0 Å². The van der Waals surface area contributed by atoms with Gasteiger partial charge >= 0.3 is 0 Å². The number of aryl methyl sites for hydroxylation is 2. The lowest BCUT2D eigenvalue weighted by atomic mass is 9.96. The van der Waals surface area contributed by atoms with Crippen LogP contribution in [0.1, 0.15) is 39.9 Å². The minimum Gasteiger partial charge on any atom is -0.338 e. The first-order chi connectivity index (χ1) is 9.11. The lowest BCUT2D eigenvalue weighted by Gasteiger charge is -2.31. The number of piperidine rings is 1. The Labute approximate surface area is 120 Å². The molecule has 19 heavy (non-hydrogen) atoms. The molecule has 1 aromatic rings. The lowest BCUT2D eigenvalue weighted by molar-refractivity contribution is 0.0695. The van der Waals surface area contributed by atoms with Crippen molar-refractivity contribution in [1.82, 2.24) is 10.2 Å². The second-order valence-corrected chi connectivity index (χ2v) is 6.65. The van der Waals surface area contributed by atoms with Crippen molar-refractivity contribution in [3.05, 3.63) is 21.4 Å². The highest BCUT2D eigenvalue weighted by atomic mass is 32.1. The van der Waals surface area contributed by atoms with E-state index in [2.05, 4.69) is 26.1 Å². The van der Waals surface area contributed by atoms with Gasteiger partial charge in [-0.1, -0.05) is 6.92 Å². The molecule has 4 heteroatoms. The molecule has 0 aromatic carbocycles. The topological polar surface area (TPSA) is 32.3 Å². The molecule has 1 aliphatic heterocycles. The normalized spacial score (nSPS) is 16.9. The van der Waals surface area contributed by atoms with Crippen LogP contribution in [0.3, 0.4) is 0 Å². The number of rotatable bonds is 4. The molecule has 1 fully saturated rings. The average molecular weight is 280 g/mol. The summed E-state index contributed by atoms with van der Waals surface area (Å²) in [5.74, 6) is 0.957. The lowest BCUT2D eigenvalue weighted by Crippen LogP contribution is -2.40. The molecule has 2 heterocycles. The Balaban J connectivity index is 1.89. The summed E-state index contributed by atoms with van der Waals surface area (Å²) in [7, 11) is 0. The fraction of sp³-hybridized carbons (Fsp3) is 0.667. The van der Waals surface area contributed by atoms with Gasteiger partial charge in [0.15, 0.2) is 0 Å². The van der Waals surface area contributed by atoms with Crippen molar-refractivity contribution in [1.29, 1.82) is 0 Å². The Morgan fingerprint density at radius 2 is 2.11 bits per heavy atom. The SMILES string of the molecule is CCNCC1CCN(C(=O)c2cc(C)c(C)s2)CC1. The van der Waals surface area contributed by atoms with Gasteiger partial charge in [0.2, 0.25) is 0 Å². The zero-order valence-electron chi connectivity index (χ0n) is 12.2. The second-order valence-electron chi connectivity index (χ2n) is 5.39. The zero-order chi connectivity index (χ0) is 13.8. The molecular weight excluding hydrogens is 256 g/mol. The van der Waals surface area contributed by atoms with E-state index in [0.717, 1.165) is 49.8 Å². The quantitative estimate of drug-likeness (QED) is 0.920. The highest BCUT2D eigenvalue weighted by Crippen LogP contribution is 2.24. The molecule has 0 unspecified atom stereocenters. The first-order valence-electron chi connectivity index (χ1n) is 7.18. The summed E-state index contributed by atoms with van der Waals surface area (Å²) in [5, 5.41) is 3.40. The van der Waals surface area contributed by atoms with Crippen LogP contribution in [0.15, 0.2) is 6.07 Å². The van der Waals surface area contributed by atoms with Gasteiger partial charge in [-0.25, -0.2) is 0 Å². The number of carbonyl (C=O) groups excluding carboxylic acids is 1. The molecule has 106 valence electrons. The summed E-state index contributed by atoms with van der Waals surface area (Å²) < 4.78 is 0. The monoisotopic (exact) mass is 280 g/mol. The van der Waals surface area contributed by atoms with Gasteiger partial charge < -0.3 is 10.2 Å². The predicted molar refractivity (Wildman–Crippen MR) is 81.0 cm³/mol. The van der Waals surface area contributed by atoms with E-state index in [0.29, 0.717) is 0 Å². The smallest absolute Gasteiger partial charge is 0.263 e. The van der Waals surface area contributed by atoms with Gasteiger partial charge in [-0.2, -0.15) is 0 Å². The van der Waals surface area contributed by atoms with Crippen LogP contribution < -0.4 is 5.32 Å². The van der Waals surface area contributed by atoms with Crippen LogP contribution in [-0.4, -0.2) is 37.0 Å². The molecule has 0 bridgehead atoms. The number of amides is 1. The van der Waals surface area contributed by atoms with E-state index in [1.54, 1.807) is 11.3 Å². The predicted octanol–water partition coefficient (Wildman–Crippen LogP) is 2.83. The Bertz CT molecular complexity index is 414. The zero-order valence-corrected chi connectivity index (χ0v) is 13.0. The van der Waals surface area contributed by atoms with Crippen molar-refractivity contribution in [2.24, 2.45) is 5.92 Å². The summed E-state index contributed by atoms with van der Waals surface area (Å²) in [6.45, 7) is 10.2. The van der Waals surface area contributed by atoms with Crippen LogP contribution in [0.4, 0.5) is 0 Å². The third-order valence-electron chi connectivity index (χ3n) is 3.96. The molecule has 1 amide bonds. The van der Waals surface area contributed by atoms with E-state index >= 15 is 0 Å². The van der Waals surface area contributed by atoms with E-state index in [9.17, 15) is 4.79 Å². The van der Waals surface area contributed by atoms with Gasteiger partial charge in [-0.15, -0.1) is 11.3 Å². The summed E-state index contributed by atoms with van der Waals surface area (Å²) in [6, 6.07) is 2.03. The molecule has 0 saturated carbocycles. The third-order valence-corrected chi connectivity index (χ3v) is 5.10. The maximum absolute atomic E-state index is 12.4. The molecular formula is C15H24N2OS. The van der Waals surface area contributed by atoms with Gasteiger partial charge in [0, 0.05) is 18.0 Å². The van der Waals surface area contributed by atoms with Crippen LogP contribution in [0, 0.1) is 19.8 Å². The summed E-state index contributed by atoms with van der Waals surface area (Å²) in [5.41, 5.74) is 1.23. The highest BCUT2D eigenvalue weighted by molar-refractivity contribution is 7.14. The van der Waals surface area contributed by atoms with Crippen molar-refractivity contribution in [3.8, 4) is 0 Å². The number of carbonyl (C=O) groups is 1. The minimum absolute atomic E-state index is 0.225. The Kier molecular flexibility index (Phi) is 4.99. The maximum Gasteiger partial charge on any atom is 0.263 e. The van der Waals surface area contributed by atoms with Gasteiger partial charge in [0.25, 0.3) is 5.91 Å². The van der Waals surface area contributed by atoms with E-state index < -0.39 is 0 Å². The number of hydrogen-bond acceptors (Lipinski definition) is 3. The number of nitrogens with zero attached hydrogens (tertiary/aromatic N) is 1. The molecule has 3 nitrogen and oxygen atoms in total. The van der Waals surface area contributed by atoms with E-state index in [1.807, 2.05) is 11.0 Å². The minimum atomic E-state index is 0.225. The number of thiophene rings is 1. The fourth-order valence-corrected chi connectivity index (χ4v) is 3.52. The van der Waals surface area contributed by atoms with Crippen molar-refractivity contribution in [2.45, 2.75) is 33.6 Å². The average Bonchev–Trinajstić information content (AvgIpc) is 2.76. The molecule has 0 radical (unpaired) electrons. The molecule has 1 N–H and O–H groups in total. The van der Waals surface area contributed by atoms with Gasteiger partial charge in [-0.05, 0) is 57.3 Å². The first-order valence-corrected chi connectivity index (χ1v) is 8.00. The van der Waals surface area contributed by atoms with Gasteiger partial charge in [0.1, 0.15) is 0 Å². The van der Waals surface area contributed by atoms with Gasteiger partial charge in [-0.3, -0.25) is 4.79 Å².